The van der Waals surface area contributed by atoms with E-state index in [1.807, 2.05) is 6.92 Å². The Kier molecular flexibility index (Phi) is 7.86. The third-order valence-electron chi connectivity index (χ3n) is 6.49. The highest BCUT2D eigenvalue weighted by atomic mass is 32.2. The zero-order valence-corrected chi connectivity index (χ0v) is 21.6. The van der Waals surface area contributed by atoms with E-state index in [0.29, 0.717) is 5.56 Å². The Morgan fingerprint density at radius 1 is 1.19 bits per heavy atom. The molecule has 1 aliphatic heterocycles. The first-order valence-corrected chi connectivity index (χ1v) is 13.3. The van der Waals surface area contributed by atoms with Crippen molar-refractivity contribution in [2.24, 2.45) is 5.92 Å². The number of carbonyl (C=O) groups is 1. The van der Waals surface area contributed by atoms with Gasteiger partial charge in [-0.3, -0.25) is 9.78 Å². The van der Waals surface area contributed by atoms with E-state index in [4.69, 9.17) is 4.74 Å². The van der Waals surface area contributed by atoms with Gasteiger partial charge in [-0.05, 0) is 55.0 Å². The highest BCUT2D eigenvalue weighted by Crippen LogP contribution is 2.30. The number of halogens is 1. The molecule has 0 unspecified atom stereocenters. The molecule has 0 radical (unpaired) electrons. The SMILES string of the molecule is C[C@@H]1CN([C@@H](C)CO)C(=O)c2cc(-c3ccncc3)cnc2O[C@@H]1CN(C)S(=O)(=O)c1ccc(F)cc1. The number of aromatic nitrogens is 2. The van der Waals surface area contributed by atoms with Crippen LogP contribution in [0.5, 0.6) is 5.88 Å². The molecule has 3 aromatic rings. The Morgan fingerprint density at radius 3 is 2.51 bits per heavy atom. The van der Waals surface area contributed by atoms with E-state index in [2.05, 4.69) is 9.97 Å². The molecule has 11 heteroatoms. The van der Waals surface area contributed by atoms with E-state index in [1.54, 1.807) is 48.6 Å². The first kappa shape index (κ1) is 26.6. The van der Waals surface area contributed by atoms with Crippen LogP contribution in [0.15, 0.2) is 66.0 Å². The molecule has 0 spiro atoms. The lowest BCUT2D eigenvalue weighted by atomic mass is 9.99. The summed E-state index contributed by atoms with van der Waals surface area (Å²) in [6, 6.07) is 9.41. The highest BCUT2D eigenvalue weighted by molar-refractivity contribution is 7.89. The largest absolute Gasteiger partial charge is 0.472 e. The molecule has 2 aromatic heterocycles. The average Bonchev–Trinajstić information content (AvgIpc) is 2.90. The number of carbonyl (C=O) groups excluding carboxylic acids is 1. The Morgan fingerprint density at radius 2 is 1.86 bits per heavy atom. The van der Waals surface area contributed by atoms with Gasteiger partial charge in [-0.1, -0.05) is 6.92 Å². The molecule has 1 N–H and O–H groups in total. The van der Waals surface area contributed by atoms with Gasteiger partial charge in [0.15, 0.2) is 0 Å². The van der Waals surface area contributed by atoms with Crippen molar-refractivity contribution in [3.8, 4) is 17.0 Å². The van der Waals surface area contributed by atoms with E-state index in [0.717, 1.165) is 22.0 Å². The lowest BCUT2D eigenvalue weighted by Crippen LogP contribution is -2.50. The van der Waals surface area contributed by atoms with Crippen molar-refractivity contribution in [3.05, 3.63) is 72.4 Å². The van der Waals surface area contributed by atoms with Gasteiger partial charge < -0.3 is 14.7 Å². The van der Waals surface area contributed by atoms with Crippen LogP contribution in [0.3, 0.4) is 0 Å². The smallest absolute Gasteiger partial charge is 0.259 e. The maximum Gasteiger partial charge on any atom is 0.259 e. The van der Waals surface area contributed by atoms with Crippen LogP contribution in [-0.4, -0.2) is 77.5 Å². The van der Waals surface area contributed by atoms with Gasteiger partial charge in [-0.25, -0.2) is 17.8 Å². The molecule has 3 heterocycles. The van der Waals surface area contributed by atoms with Gasteiger partial charge in [-0.15, -0.1) is 0 Å². The molecular weight excluding hydrogens is 499 g/mol. The van der Waals surface area contributed by atoms with Crippen molar-refractivity contribution >= 4 is 15.9 Å². The molecule has 4 rings (SSSR count). The average molecular weight is 529 g/mol. The number of fused-ring (bicyclic) bond motifs is 1. The van der Waals surface area contributed by atoms with Gasteiger partial charge in [0.05, 0.1) is 24.1 Å². The normalized spacial score (nSPS) is 19.1. The molecule has 196 valence electrons. The van der Waals surface area contributed by atoms with Crippen LogP contribution in [0.2, 0.25) is 0 Å². The highest BCUT2D eigenvalue weighted by Gasteiger charge is 2.36. The van der Waals surface area contributed by atoms with Gasteiger partial charge in [0.25, 0.3) is 5.91 Å². The summed E-state index contributed by atoms with van der Waals surface area (Å²) >= 11 is 0. The number of rotatable bonds is 7. The Bertz CT molecular complexity index is 1360. The monoisotopic (exact) mass is 528 g/mol. The van der Waals surface area contributed by atoms with Crippen molar-refractivity contribution in [3.63, 3.8) is 0 Å². The summed E-state index contributed by atoms with van der Waals surface area (Å²) in [7, 11) is -2.50. The van der Waals surface area contributed by atoms with Crippen molar-refractivity contribution in [1.29, 1.82) is 0 Å². The van der Waals surface area contributed by atoms with E-state index in [9.17, 15) is 22.7 Å². The van der Waals surface area contributed by atoms with Crippen LogP contribution in [-0.2, 0) is 10.0 Å². The fraction of sp³-hybridized carbons (Fsp3) is 0.346. The number of amides is 1. The first-order chi connectivity index (χ1) is 17.6. The topological polar surface area (TPSA) is 113 Å². The molecule has 0 saturated carbocycles. The summed E-state index contributed by atoms with van der Waals surface area (Å²) < 4.78 is 46.9. The van der Waals surface area contributed by atoms with Crippen molar-refractivity contribution in [2.45, 2.75) is 30.9 Å². The molecule has 1 amide bonds. The number of hydrogen-bond donors (Lipinski definition) is 1. The van der Waals surface area contributed by atoms with Gasteiger partial charge in [-0.2, -0.15) is 4.31 Å². The lowest BCUT2D eigenvalue weighted by molar-refractivity contribution is 0.0373. The molecule has 9 nitrogen and oxygen atoms in total. The minimum Gasteiger partial charge on any atom is -0.472 e. The Hall–Kier alpha value is -3.41. The van der Waals surface area contributed by atoms with Crippen molar-refractivity contribution in [2.75, 3.05) is 26.7 Å². The summed E-state index contributed by atoms with van der Waals surface area (Å²) in [5.41, 5.74) is 1.73. The molecule has 1 aromatic carbocycles. The van der Waals surface area contributed by atoms with Crippen molar-refractivity contribution < 1.29 is 27.4 Å². The van der Waals surface area contributed by atoms with E-state index in [-0.39, 0.29) is 47.9 Å². The zero-order valence-electron chi connectivity index (χ0n) is 20.8. The fourth-order valence-corrected chi connectivity index (χ4v) is 5.34. The number of sulfonamides is 1. The van der Waals surface area contributed by atoms with Gasteiger partial charge in [0.2, 0.25) is 15.9 Å². The third-order valence-corrected chi connectivity index (χ3v) is 8.33. The molecule has 0 fully saturated rings. The second kappa shape index (κ2) is 10.9. The number of likely N-dealkylation sites (N-methyl/N-ethyl adjacent to an activating group) is 1. The summed E-state index contributed by atoms with van der Waals surface area (Å²) in [5.74, 6) is -1.09. The second-order valence-electron chi connectivity index (χ2n) is 9.17. The van der Waals surface area contributed by atoms with Gasteiger partial charge >= 0.3 is 0 Å². The van der Waals surface area contributed by atoms with Crippen LogP contribution in [0, 0.1) is 11.7 Å². The molecule has 1 aliphatic rings. The minimum atomic E-state index is -3.93. The van der Waals surface area contributed by atoms with Crippen LogP contribution < -0.4 is 4.74 Å². The number of nitrogens with zero attached hydrogens (tertiary/aromatic N) is 4. The number of aliphatic hydroxyl groups excluding tert-OH is 1. The summed E-state index contributed by atoms with van der Waals surface area (Å²) in [6.45, 7) is 3.55. The number of pyridine rings is 2. The maximum absolute atomic E-state index is 13.6. The Labute approximate surface area is 215 Å². The second-order valence-corrected chi connectivity index (χ2v) is 11.2. The van der Waals surface area contributed by atoms with E-state index >= 15 is 0 Å². The predicted octanol–water partition coefficient (Wildman–Crippen LogP) is 2.82. The van der Waals surface area contributed by atoms with E-state index < -0.39 is 28.0 Å². The standard InChI is InChI=1S/C26H29FN4O5S/c1-17-14-31(18(2)16-32)26(33)23-12-20(19-8-10-28-11-9-19)13-29-25(23)36-24(17)15-30(3)37(34,35)22-6-4-21(27)5-7-22/h4-13,17-18,24,32H,14-16H2,1-3H3/t17-,18+,24-/m1/s1. The number of aliphatic hydroxyl groups is 1. The lowest BCUT2D eigenvalue weighted by Gasteiger charge is -2.37. The predicted molar refractivity (Wildman–Crippen MR) is 135 cm³/mol. The first-order valence-electron chi connectivity index (χ1n) is 11.8. The van der Waals surface area contributed by atoms with Crippen LogP contribution in [0.4, 0.5) is 4.39 Å². The summed E-state index contributed by atoms with van der Waals surface area (Å²) in [5, 5.41) is 9.84. The maximum atomic E-state index is 13.6. The van der Waals surface area contributed by atoms with Gasteiger partial charge in [0.1, 0.15) is 17.5 Å². The van der Waals surface area contributed by atoms with E-state index in [1.165, 1.54) is 19.2 Å². The third kappa shape index (κ3) is 5.63. The Balaban J connectivity index is 1.70. The fourth-order valence-electron chi connectivity index (χ4n) is 4.16. The van der Waals surface area contributed by atoms with Crippen LogP contribution in [0.25, 0.3) is 11.1 Å². The number of benzene rings is 1. The molecule has 0 bridgehead atoms. The number of hydrogen-bond acceptors (Lipinski definition) is 7. The summed E-state index contributed by atoms with van der Waals surface area (Å²) in [4.78, 5) is 23.5. The number of ether oxygens (including phenoxy) is 1. The molecule has 3 atom stereocenters. The van der Waals surface area contributed by atoms with Crippen LogP contribution >= 0.6 is 0 Å². The quantitative estimate of drug-likeness (QED) is 0.502. The molecule has 37 heavy (non-hydrogen) atoms. The molecular formula is C26H29FN4O5S. The minimum absolute atomic E-state index is 0.0381. The molecule has 0 saturated heterocycles. The summed E-state index contributed by atoms with van der Waals surface area (Å²) in [6.07, 6.45) is 4.20. The van der Waals surface area contributed by atoms with Crippen LogP contribution in [0.1, 0.15) is 24.2 Å². The van der Waals surface area contributed by atoms with Crippen molar-refractivity contribution in [1.82, 2.24) is 19.2 Å². The molecule has 0 aliphatic carbocycles. The van der Waals surface area contributed by atoms with Gasteiger partial charge in [0, 0.05) is 43.7 Å². The zero-order chi connectivity index (χ0) is 26.7.